The number of hydrogen-bond acceptors (Lipinski definition) is 7. The minimum absolute atomic E-state index is 0.126. The first-order chi connectivity index (χ1) is 19.3. The highest BCUT2D eigenvalue weighted by Crippen LogP contribution is 2.37. The predicted molar refractivity (Wildman–Crippen MR) is 150 cm³/mol. The highest BCUT2D eigenvalue weighted by molar-refractivity contribution is 7.99. The Morgan fingerprint density at radius 3 is 2.29 bits per heavy atom. The number of anilines is 1. The van der Waals surface area contributed by atoms with E-state index in [4.69, 9.17) is 16.3 Å². The first-order valence-electron chi connectivity index (χ1n) is 12.6. The summed E-state index contributed by atoms with van der Waals surface area (Å²) >= 11 is 7.13. The maximum atomic E-state index is 13.0. The van der Waals surface area contributed by atoms with Crippen molar-refractivity contribution in [2.45, 2.75) is 58.4 Å². The van der Waals surface area contributed by atoms with Gasteiger partial charge in [0.2, 0.25) is 15.9 Å². The lowest BCUT2D eigenvalue weighted by Gasteiger charge is -2.25. The fourth-order valence-electron chi connectivity index (χ4n) is 4.01. The van der Waals surface area contributed by atoms with Gasteiger partial charge in [-0.05, 0) is 73.9 Å². The van der Waals surface area contributed by atoms with Gasteiger partial charge in [-0.15, -0.1) is 0 Å². The normalized spacial score (nSPS) is 15.0. The largest absolute Gasteiger partial charge is 0.477 e. The summed E-state index contributed by atoms with van der Waals surface area (Å²) in [7, 11) is -7.95. The molecule has 1 N–H and O–H groups in total. The molecule has 15 heteroatoms. The van der Waals surface area contributed by atoms with E-state index in [2.05, 4.69) is 9.71 Å². The molecule has 0 saturated carbocycles. The van der Waals surface area contributed by atoms with E-state index in [-0.39, 0.29) is 23.2 Å². The second kappa shape index (κ2) is 12.8. The van der Waals surface area contributed by atoms with Crippen molar-refractivity contribution in [1.82, 2.24) is 9.29 Å². The minimum atomic E-state index is -4.68. The van der Waals surface area contributed by atoms with Crippen LogP contribution in [-0.2, 0) is 26.2 Å². The van der Waals surface area contributed by atoms with Gasteiger partial charge in [0.1, 0.15) is 10.7 Å². The SMILES string of the molecule is CCCOc1nc(NS(=O)(=O)c2ccc(C(F)(F)F)cc2Cl)ccc1Sc1ccc(S(=O)(=O)N2CCCCC2)cc1. The topological polar surface area (TPSA) is 106 Å². The molecule has 0 aliphatic carbocycles. The van der Waals surface area contributed by atoms with Gasteiger partial charge in [0, 0.05) is 18.0 Å². The van der Waals surface area contributed by atoms with Gasteiger partial charge in [0.15, 0.2) is 0 Å². The van der Waals surface area contributed by atoms with Gasteiger partial charge in [0.25, 0.3) is 10.0 Å². The van der Waals surface area contributed by atoms with Gasteiger partial charge in [-0.3, -0.25) is 4.72 Å². The van der Waals surface area contributed by atoms with Crippen LogP contribution in [0.2, 0.25) is 5.02 Å². The molecule has 4 rings (SSSR count). The summed E-state index contributed by atoms with van der Waals surface area (Å²) in [6, 6.07) is 11.4. The maximum absolute atomic E-state index is 13.0. The first-order valence-corrected chi connectivity index (χ1v) is 16.7. The van der Waals surface area contributed by atoms with Crippen molar-refractivity contribution in [1.29, 1.82) is 0 Å². The van der Waals surface area contributed by atoms with Crippen molar-refractivity contribution in [3.05, 3.63) is 65.2 Å². The van der Waals surface area contributed by atoms with E-state index in [1.165, 1.54) is 22.1 Å². The van der Waals surface area contributed by atoms with Crippen LogP contribution in [-0.4, -0.2) is 45.8 Å². The molecule has 0 atom stereocenters. The summed E-state index contributed by atoms with van der Waals surface area (Å²) in [5.41, 5.74) is -1.08. The number of ether oxygens (including phenoxy) is 1. The smallest absolute Gasteiger partial charge is 0.416 e. The molecule has 41 heavy (non-hydrogen) atoms. The molecule has 8 nitrogen and oxygen atoms in total. The van der Waals surface area contributed by atoms with E-state index in [1.807, 2.05) is 6.92 Å². The number of nitrogens with one attached hydrogen (secondary N) is 1. The minimum Gasteiger partial charge on any atom is -0.477 e. The highest BCUT2D eigenvalue weighted by atomic mass is 35.5. The average Bonchev–Trinajstić information content (AvgIpc) is 2.93. The molecule has 2 heterocycles. The molecule has 222 valence electrons. The number of piperidine rings is 1. The third-order valence-electron chi connectivity index (χ3n) is 6.06. The summed E-state index contributed by atoms with van der Waals surface area (Å²) < 4.78 is 100.0. The number of sulfonamides is 2. The van der Waals surface area contributed by atoms with Gasteiger partial charge in [-0.25, -0.2) is 16.8 Å². The Bertz CT molecular complexity index is 1600. The molecule has 1 aliphatic rings. The molecule has 2 aromatic carbocycles. The Hall–Kier alpha value is -2.52. The van der Waals surface area contributed by atoms with Crippen LogP contribution < -0.4 is 9.46 Å². The summed E-state index contributed by atoms with van der Waals surface area (Å²) in [5.74, 6) is -0.0000263. The lowest BCUT2D eigenvalue weighted by molar-refractivity contribution is -0.137. The van der Waals surface area contributed by atoms with Gasteiger partial charge >= 0.3 is 6.18 Å². The number of alkyl halides is 3. The molecule has 0 unspecified atom stereocenters. The van der Waals surface area contributed by atoms with Crippen LogP contribution in [0.5, 0.6) is 5.88 Å². The molecule has 1 aliphatic heterocycles. The molecule has 1 fully saturated rings. The van der Waals surface area contributed by atoms with Crippen molar-refractivity contribution in [2.75, 3.05) is 24.4 Å². The van der Waals surface area contributed by atoms with E-state index in [0.717, 1.165) is 25.3 Å². The Morgan fingerprint density at radius 2 is 1.68 bits per heavy atom. The van der Waals surface area contributed by atoms with Gasteiger partial charge in [-0.2, -0.15) is 22.5 Å². The molecule has 3 aromatic rings. The van der Waals surface area contributed by atoms with Crippen molar-refractivity contribution in [3.8, 4) is 5.88 Å². The Labute approximate surface area is 246 Å². The Kier molecular flexibility index (Phi) is 9.79. The number of nitrogens with zero attached hydrogens (tertiary/aromatic N) is 2. The number of hydrogen-bond donors (Lipinski definition) is 1. The van der Waals surface area contributed by atoms with E-state index >= 15 is 0 Å². The monoisotopic (exact) mass is 649 g/mol. The second-order valence-corrected chi connectivity index (χ2v) is 14.2. The zero-order valence-corrected chi connectivity index (χ0v) is 25.0. The lowest BCUT2D eigenvalue weighted by atomic mass is 10.2. The fourth-order valence-corrected chi connectivity index (χ4v) is 7.93. The molecular weight excluding hydrogens is 623 g/mol. The zero-order valence-electron chi connectivity index (χ0n) is 21.8. The number of pyridine rings is 1. The molecular formula is C26H27ClF3N3O5S3. The van der Waals surface area contributed by atoms with Gasteiger partial charge in [0.05, 0.1) is 27.0 Å². The summed E-state index contributed by atoms with van der Waals surface area (Å²) in [4.78, 5) is 5.17. The van der Waals surface area contributed by atoms with Gasteiger partial charge in [-0.1, -0.05) is 36.7 Å². The number of rotatable bonds is 10. The molecule has 0 spiro atoms. The standard InChI is InChI=1S/C26H27ClF3N3O5S3/c1-2-16-38-25-22(39-19-7-9-20(10-8-19)41(36,37)33-14-4-3-5-15-33)11-13-24(31-25)32-40(34,35)23-12-6-18(17-21(23)27)26(28,29)30/h6-13,17H,2-5,14-16H2,1H3,(H,31,32). The van der Waals surface area contributed by atoms with Crippen LogP contribution in [0.15, 0.2) is 74.2 Å². The van der Waals surface area contributed by atoms with Crippen LogP contribution in [0, 0.1) is 0 Å². The summed E-state index contributed by atoms with van der Waals surface area (Å²) in [5, 5.41) is -0.590. The van der Waals surface area contributed by atoms with Crippen molar-refractivity contribution in [3.63, 3.8) is 0 Å². The van der Waals surface area contributed by atoms with E-state index < -0.39 is 41.7 Å². The second-order valence-electron chi connectivity index (χ2n) is 9.13. The molecule has 1 aromatic heterocycles. The van der Waals surface area contributed by atoms with Crippen LogP contribution in [0.3, 0.4) is 0 Å². The predicted octanol–water partition coefficient (Wildman–Crippen LogP) is 6.67. The number of benzene rings is 2. The van der Waals surface area contributed by atoms with E-state index in [0.29, 0.717) is 41.4 Å². The van der Waals surface area contributed by atoms with Crippen LogP contribution in [0.4, 0.5) is 19.0 Å². The molecule has 0 amide bonds. The quantitative estimate of drug-likeness (QED) is 0.262. The lowest BCUT2D eigenvalue weighted by Crippen LogP contribution is -2.35. The van der Waals surface area contributed by atoms with Gasteiger partial charge < -0.3 is 4.74 Å². The first kappa shape index (κ1) is 31.4. The van der Waals surface area contributed by atoms with Crippen molar-refractivity contribution in [2.24, 2.45) is 0 Å². The average molecular weight is 650 g/mol. The molecule has 0 bridgehead atoms. The Balaban J connectivity index is 1.54. The third kappa shape index (κ3) is 7.66. The summed E-state index contributed by atoms with van der Waals surface area (Å²) in [6.45, 7) is 3.18. The molecule has 0 radical (unpaired) electrons. The Morgan fingerprint density at radius 1 is 1.00 bits per heavy atom. The van der Waals surface area contributed by atoms with Crippen LogP contribution in [0.1, 0.15) is 38.2 Å². The van der Waals surface area contributed by atoms with Crippen molar-refractivity contribution < 1.29 is 34.7 Å². The fraction of sp³-hybridized carbons (Fsp3) is 0.346. The number of aromatic nitrogens is 1. The maximum Gasteiger partial charge on any atom is 0.416 e. The zero-order chi connectivity index (χ0) is 29.8. The van der Waals surface area contributed by atoms with E-state index in [9.17, 15) is 30.0 Å². The third-order valence-corrected chi connectivity index (χ3v) is 10.8. The van der Waals surface area contributed by atoms with E-state index in [1.54, 1.807) is 30.3 Å². The van der Waals surface area contributed by atoms with Crippen LogP contribution >= 0.6 is 23.4 Å². The van der Waals surface area contributed by atoms with Crippen LogP contribution in [0.25, 0.3) is 0 Å². The van der Waals surface area contributed by atoms with Crippen molar-refractivity contribution >= 4 is 49.2 Å². The number of halogens is 4. The summed E-state index contributed by atoms with van der Waals surface area (Å²) in [6.07, 6.45) is -1.34. The highest BCUT2D eigenvalue weighted by Gasteiger charge is 2.32. The molecule has 1 saturated heterocycles.